The van der Waals surface area contributed by atoms with Crippen LogP contribution in [0.5, 0.6) is 5.75 Å². The fourth-order valence-electron chi connectivity index (χ4n) is 1.68. The minimum Gasteiger partial charge on any atom is -0.493 e. The average Bonchev–Trinajstić information content (AvgIpc) is 2.44. The van der Waals surface area contributed by atoms with E-state index in [0.717, 1.165) is 29.5 Å². The van der Waals surface area contributed by atoms with Gasteiger partial charge in [-0.15, -0.1) is 6.58 Å². The fourth-order valence-corrected chi connectivity index (χ4v) is 2.08. The summed E-state index contributed by atoms with van der Waals surface area (Å²) in [7, 11) is 0. The molecule has 0 fully saturated rings. The van der Waals surface area contributed by atoms with Crippen LogP contribution in [0.3, 0.4) is 0 Å². The molecule has 1 N–H and O–H groups in total. The molecule has 0 saturated carbocycles. The molecule has 0 aliphatic rings. The number of benzene rings is 1. The average molecular weight is 327 g/mol. The number of carbonyl (C=O) groups is 1. The molecular weight excluding hydrogens is 308 g/mol. The minimum atomic E-state index is -0.473. The number of Topliss-reactive ketones (excluding diaryl/α,β-unsaturated/α-hetero) is 1. The summed E-state index contributed by atoms with van der Waals surface area (Å²) in [6, 6.07) is 5.24. The maximum atomic E-state index is 11.5. The second-order valence-corrected chi connectivity index (χ2v) is 4.93. The summed E-state index contributed by atoms with van der Waals surface area (Å²) in [5.74, 6) is 0.500. The number of aliphatic hydroxyl groups excluding tert-OH is 1. The number of unbranched alkanes of at least 4 members (excludes halogenated alkanes) is 1. The molecule has 104 valence electrons. The number of ether oxygens (including phenoxy) is 1. The van der Waals surface area contributed by atoms with Gasteiger partial charge in [-0.25, -0.2) is 0 Å². The van der Waals surface area contributed by atoms with E-state index in [0.29, 0.717) is 18.6 Å². The van der Waals surface area contributed by atoms with Crippen molar-refractivity contribution < 1.29 is 14.6 Å². The van der Waals surface area contributed by atoms with Crippen LogP contribution in [0.15, 0.2) is 30.9 Å². The van der Waals surface area contributed by atoms with E-state index >= 15 is 0 Å². The van der Waals surface area contributed by atoms with Gasteiger partial charge in [-0.3, -0.25) is 4.79 Å². The van der Waals surface area contributed by atoms with E-state index in [1.54, 1.807) is 24.3 Å². The number of alkyl halides is 1. The highest BCUT2D eigenvalue weighted by molar-refractivity contribution is 9.09. The molecule has 0 aliphatic carbocycles. The van der Waals surface area contributed by atoms with Gasteiger partial charge in [0.2, 0.25) is 0 Å². The molecule has 4 heteroatoms. The lowest BCUT2D eigenvalue weighted by atomic mass is 10.0. The van der Waals surface area contributed by atoms with Gasteiger partial charge in [0.25, 0.3) is 0 Å². The molecule has 0 saturated heterocycles. The van der Waals surface area contributed by atoms with Crippen LogP contribution in [0, 0.1) is 0 Å². The number of aliphatic hydroxyl groups is 1. The number of carbonyl (C=O) groups excluding carboxylic acids is 1. The van der Waals surface area contributed by atoms with Gasteiger partial charge in [0.05, 0.1) is 6.61 Å². The summed E-state index contributed by atoms with van der Waals surface area (Å²) in [6.45, 7) is 3.89. The molecule has 0 bridgehead atoms. The zero-order valence-electron chi connectivity index (χ0n) is 10.9. The molecule has 1 aromatic carbocycles. The summed E-state index contributed by atoms with van der Waals surface area (Å²) >= 11 is 3.38. The Labute approximate surface area is 122 Å². The summed E-state index contributed by atoms with van der Waals surface area (Å²) in [5.41, 5.74) is 1.43. The lowest BCUT2D eigenvalue weighted by Crippen LogP contribution is -2.06. The van der Waals surface area contributed by atoms with Crippen LogP contribution in [-0.2, 0) is 6.42 Å². The third-order valence-corrected chi connectivity index (χ3v) is 3.24. The first-order valence-electron chi connectivity index (χ1n) is 6.29. The number of ketones is 1. The van der Waals surface area contributed by atoms with Gasteiger partial charge in [-0.2, -0.15) is 0 Å². The lowest BCUT2D eigenvalue weighted by Gasteiger charge is -2.11. The largest absolute Gasteiger partial charge is 0.493 e. The highest BCUT2D eigenvalue weighted by Crippen LogP contribution is 2.22. The topological polar surface area (TPSA) is 46.5 Å². The van der Waals surface area contributed by atoms with Crippen molar-refractivity contribution in [1.29, 1.82) is 0 Å². The molecule has 1 aromatic rings. The molecule has 0 aliphatic heterocycles. The van der Waals surface area contributed by atoms with E-state index in [9.17, 15) is 4.79 Å². The van der Waals surface area contributed by atoms with Crippen LogP contribution < -0.4 is 4.74 Å². The van der Waals surface area contributed by atoms with Gasteiger partial charge in [0.15, 0.2) is 5.78 Å². The third kappa shape index (κ3) is 5.17. The maximum absolute atomic E-state index is 11.5. The van der Waals surface area contributed by atoms with E-state index in [2.05, 4.69) is 22.5 Å². The van der Waals surface area contributed by atoms with Crippen LogP contribution in [0.2, 0.25) is 0 Å². The Morgan fingerprint density at radius 2 is 2.21 bits per heavy atom. The van der Waals surface area contributed by atoms with Crippen molar-refractivity contribution in [3.8, 4) is 5.75 Å². The van der Waals surface area contributed by atoms with Crippen molar-refractivity contribution in [2.24, 2.45) is 0 Å². The molecule has 0 radical (unpaired) electrons. The molecule has 1 rings (SSSR count). The number of allylic oxidation sites excluding steroid dienone is 1. The molecule has 0 amide bonds. The van der Waals surface area contributed by atoms with Crippen molar-refractivity contribution in [1.82, 2.24) is 0 Å². The monoisotopic (exact) mass is 326 g/mol. The molecule has 19 heavy (non-hydrogen) atoms. The zero-order chi connectivity index (χ0) is 14.1. The Hall–Kier alpha value is -1.13. The summed E-state index contributed by atoms with van der Waals surface area (Å²) in [4.78, 5) is 11.5. The Morgan fingerprint density at radius 1 is 1.42 bits per heavy atom. The summed E-state index contributed by atoms with van der Waals surface area (Å²) in [5, 5.41) is 9.85. The first-order chi connectivity index (χ1) is 9.22. The standard InChI is InChI=1S/C15H19BrO3/c1-2-5-13-10-12(14(18)11-17)6-7-15(13)19-9-4-3-8-16/h2,6-7,10,17H,1,3-5,8-9,11H2. The lowest BCUT2D eigenvalue weighted by molar-refractivity contribution is 0.0903. The van der Waals surface area contributed by atoms with Crippen LogP contribution in [0.1, 0.15) is 28.8 Å². The molecule has 0 aromatic heterocycles. The first-order valence-corrected chi connectivity index (χ1v) is 7.41. The summed E-state index contributed by atoms with van der Waals surface area (Å²) < 4.78 is 5.72. The van der Waals surface area contributed by atoms with E-state index in [4.69, 9.17) is 9.84 Å². The number of hydrogen-bond donors (Lipinski definition) is 1. The highest BCUT2D eigenvalue weighted by atomic mass is 79.9. The van der Waals surface area contributed by atoms with Crippen LogP contribution in [0.4, 0.5) is 0 Å². The Balaban J connectivity index is 2.79. The van der Waals surface area contributed by atoms with Gasteiger partial charge in [0.1, 0.15) is 12.4 Å². The van der Waals surface area contributed by atoms with Crippen LogP contribution in [-0.4, -0.2) is 29.4 Å². The molecule has 3 nitrogen and oxygen atoms in total. The smallest absolute Gasteiger partial charge is 0.188 e. The molecule has 0 spiro atoms. The molecule has 0 unspecified atom stereocenters. The van der Waals surface area contributed by atoms with Crippen LogP contribution in [0.25, 0.3) is 0 Å². The van der Waals surface area contributed by atoms with Gasteiger partial charge in [-0.1, -0.05) is 22.0 Å². The fraction of sp³-hybridized carbons (Fsp3) is 0.400. The predicted octanol–water partition coefficient (Wildman–Crippen LogP) is 3.14. The van der Waals surface area contributed by atoms with E-state index in [1.165, 1.54) is 0 Å². The minimum absolute atomic E-state index is 0.281. The SMILES string of the molecule is C=CCc1cc(C(=O)CO)ccc1OCCCCBr. The van der Waals surface area contributed by atoms with Crippen molar-refractivity contribution in [2.75, 3.05) is 18.5 Å². The van der Waals surface area contributed by atoms with Gasteiger partial charge >= 0.3 is 0 Å². The maximum Gasteiger partial charge on any atom is 0.188 e. The van der Waals surface area contributed by atoms with Gasteiger partial charge < -0.3 is 9.84 Å². The summed E-state index contributed by atoms with van der Waals surface area (Å²) in [6.07, 6.45) is 4.46. The van der Waals surface area contributed by atoms with Crippen molar-refractivity contribution in [3.63, 3.8) is 0 Å². The van der Waals surface area contributed by atoms with Gasteiger partial charge in [0, 0.05) is 10.9 Å². The highest BCUT2D eigenvalue weighted by Gasteiger charge is 2.09. The molecule has 0 heterocycles. The number of rotatable bonds is 9. The number of hydrogen-bond acceptors (Lipinski definition) is 3. The van der Waals surface area contributed by atoms with Crippen molar-refractivity contribution in [2.45, 2.75) is 19.3 Å². The van der Waals surface area contributed by atoms with E-state index in [-0.39, 0.29) is 5.78 Å². The Morgan fingerprint density at radius 3 is 2.84 bits per heavy atom. The second kappa shape index (κ2) is 8.88. The second-order valence-electron chi connectivity index (χ2n) is 4.14. The van der Waals surface area contributed by atoms with Crippen molar-refractivity contribution in [3.05, 3.63) is 42.0 Å². The molecule has 0 atom stereocenters. The first kappa shape index (κ1) is 15.9. The third-order valence-electron chi connectivity index (χ3n) is 2.68. The zero-order valence-corrected chi connectivity index (χ0v) is 12.5. The molecular formula is C15H19BrO3. The van der Waals surface area contributed by atoms with Crippen molar-refractivity contribution >= 4 is 21.7 Å². The van der Waals surface area contributed by atoms with E-state index in [1.807, 2.05) is 0 Å². The van der Waals surface area contributed by atoms with Gasteiger partial charge in [-0.05, 0) is 43.0 Å². The van der Waals surface area contributed by atoms with E-state index < -0.39 is 6.61 Å². The normalized spacial score (nSPS) is 10.2. The quantitative estimate of drug-likeness (QED) is 0.328. The van der Waals surface area contributed by atoms with Crippen LogP contribution >= 0.6 is 15.9 Å². The Kier molecular flexibility index (Phi) is 7.45. The Bertz CT molecular complexity index is 429. The predicted molar refractivity (Wildman–Crippen MR) is 80.3 cm³/mol. The number of halogens is 1.